The molecule has 0 fully saturated rings. The summed E-state index contributed by atoms with van der Waals surface area (Å²) in [6.07, 6.45) is 8.92. The minimum atomic E-state index is 0.153. The number of fused-ring (bicyclic) bond motifs is 3. The molecule has 0 aromatic heterocycles. The Bertz CT molecular complexity index is 458. The second kappa shape index (κ2) is 2.75. The van der Waals surface area contributed by atoms with Gasteiger partial charge in [-0.15, -0.1) is 0 Å². The standard InChI is InChI=1S/C14H15N/c1-14-10-6-5-9-13(14)15(2)12-8-4-3-7-11(12)14/h3-10,13H,1-2H3. The Labute approximate surface area is 90.7 Å². The van der Waals surface area contributed by atoms with E-state index in [1.54, 1.807) is 0 Å². The van der Waals surface area contributed by atoms with Crippen molar-refractivity contribution < 1.29 is 0 Å². The third-order valence-corrected chi connectivity index (χ3v) is 3.74. The highest BCUT2D eigenvalue weighted by Gasteiger charge is 2.43. The molecule has 2 aliphatic rings. The number of para-hydroxylation sites is 1. The molecule has 0 radical (unpaired) electrons. The van der Waals surface area contributed by atoms with Gasteiger partial charge >= 0.3 is 0 Å². The fraction of sp³-hybridized carbons (Fsp3) is 0.286. The Kier molecular flexibility index (Phi) is 1.61. The van der Waals surface area contributed by atoms with E-state index in [9.17, 15) is 0 Å². The van der Waals surface area contributed by atoms with Crippen LogP contribution in [0, 0.1) is 0 Å². The van der Waals surface area contributed by atoms with Crippen LogP contribution in [-0.2, 0) is 5.41 Å². The van der Waals surface area contributed by atoms with Gasteiger partial charge in [-0.2, -0.15) is 0 Å². The van der Waals surface area contributed by atoms with Gasteiger partial charge in [0.1, 0.15) is 0 Å². The molecule has 15 heavy (non-hydrogen) atoms. The third-order valence-electron chi connectivity index (χ3n) is 3.74. The van der Waals surface area contributed by atoms with Crippen LogP contribution in [0.4, 0.5) is 5.69 Å². The molecule has 3 rings (SSSR count). The molecule has 1 heterocycles. The van der Waals surface area contributed by atoms with Gasteiger partial charge in [-0.05, 0) is 18.6 Å². The quantitative estimate of drug-likeness (QED) is 0.618. The lowest BCUT2D eigenvalue weighted by Gasteiger charge is -2.32. The maximum Gasteiger partial charge on any atom is 0.0602 e. The summed E-state index contributed by atoms with van der Waals surface area (Å²) in [5.41, 5.74) is 2.96. The predicted octanol–water partition coefficient (Wildman–Crippen LogP) is 2.89. The Morgan fingerprint density at radius 2 is 2.00 bits per heavy atom. The number of rotatable bonds is 0. The zero-order valence-corrected chi connectivity index (χ0v) is 9.14. The molecule has 1 aliphatic heterocycles. The Hall–Kier alpha value is -1.50. The van der Waals surface area contributed by atoms with Crippen molar-refractivity contribution in [2.75, 3.05) is 11.9 Å². The molecule has 1 aliphatic carbocycles. The molecule has 1 aromatic carbocycles. The molecule has 2 atom stereocenters. The second-order valence-electron chi connectivity index (χ2n) is 4.60. The molecule has 0 spiro atoms. The molecule has 2 unspecified atom stereocenters. The molecule has 1 heteroatoms. The average Bonchev–Trinajstić information content (AvgIpc) is 2.50. The Morgan fingerprint density at radius 1 is 1.20 bits per heavy atom. The van der Waals surface area contributed by atoms with Gasteiger partial charge in [-0.1, -0.05) is 42.5 Å². The van der Waals surface area contributed by atoms with E-state index in [0.717, 1.165) is 0 Å². The molecular weight excluding hydrogens is 182 g/mol. The number of benzene rings is 1. The van der Waals surface area contributed by atoms with E-state index in [1.165, 1.54) is 11.3 Å². The van der Waals surface area contributed by atoms with Crippen molar-refractivity contribution in [3.05, 3.63) is 54.1 Å². The Morgan fingerprint density at radius 3 is 2.87 bits per heavy atom. The van der Waals surface area contributed by atoms with Crippen LogP contribution in [0.1, 0.15) is 12.5 Å². The van der Waals surface area contributed by atoms with Crippen LogP contribution in [0.2, 0.25) is 0 Å². The summed E-state index contributed by atoms with van der Waals surface area (Å²) in [6.45, 7) is 2.32. The summed E-state index contributed by atoms with van der Waals surface area (Å²) in [7, 11) is 2.18. The molecule has 1 aromatic rings. The monoisotopic (exact) mass is 197 g/mol. The first kappa shape index (κ1) is 8.78. The highest BCUT2D eigenvalue weighted by molar-refractivity contribution is 5.67. The molecule has 0 saturated heterocycles. The predicted molar refractivity (Wildman–Crippen MR) is 64.3 cm³/mol. The summed E-state index contributed by atoms with van der Waals surface area (Å²) in [4.78, 5) is 2.37. The van der Waals surface area contributed by atoms with Gasteiger partial charge in [0.25, 0.3) is 0 Å². The van der Waals surface area contributed by atoms with Gasteiger partial charge in [-0.3, -0.25) is 0 Å². The molecule has 1 nitrogen and oxygen atoms in total. The molecule has 76 valence electrons. The lowest BCUT2D eigenvalue weighted by Crippen LogP contribution is -2.39. The molecule has 0 saturated carbocycles. The van der Waals surface area contributed by atoms with E-state index in [4.69, 9.17) is 0 Å². The summed E-state index contributed by atoms with van der Waals surface area (Å²) in [5, 5.41) is 0. The minimum absolute atomic E-state index is 0.153. The smallest absolute Gasteiger partial charge is 0.0602 e. The second-order valence-corrected chi connectivity index (χ2v) is 4.60. The van der Waals surface area contributed by atoms with E-state index in [1.807, 2.05) is 0 Å². The topological polar surface area (TPSA) is 3.24 Å². The van der Waals surface area contributed by atoms with Gasteiger partial charge in [0.05, 0.1) is 6.04 Å². The highest BCUT2D eigenvalue weighted by Crippen LogP contribution is 2.46. The zero-order valence-electron chi connectivity index (χ0n) is 9.14. The summed E-state index contributed by atoms with van der Waals surface area (Å²) in [6, 6.07) is 9.17. The van der Waals surface area contributed by atoms with E-state index in [0.29, 0.717) is 6.04 Å². The normalized spacial score (nSPS) is 31.6. The van der Waals surface area contributed by atoms with E-state index < -0.39 is 0 Å². The maximum atomic E-state index is 2.37. The lowest BCUT2D eigenvalue weighted by atomic mass is 9.76. The van der Waals surface area contributed by atoms with Gasteiger partial charge < -0.3 is 4.90 Å². The number of hydrogen-bond acceptors (Lipinski definition) is 1. The first-order chi connectivity index (χ1) is 7.23. The fourth-order valence-corrected chi connectivity index (χ4v) is 2.89. The van der Waals surface area contributed by atoms with Crippen LogP contribution in [-0.4, -0.2) is 13.1 Å². The van der Waals surface area contributed by atoms with E-state index in [-0.39, 0.29) is 5.41 Å². The van der Waals surface area contributed by atoms with Gasteiger partial charge in [0, 0.05) is 18.2 Å². The SMILES string of the molecule is CN1c2ccccc2C2(C)C=CC=CC12. The van der Waals surface area contributed by atoms with Gasteiger partial charge in [0.15, 0.2) is 0 Å². The van der Waals surface area contributed by atoms with Crippen molar-refractivity contribution in [1.82, 2.24) is 0 Å². The summed E-state index contributed by atoms with van der Waals surface area (Å²) >= 11 is 0. The van der Waals surface area contributed by atoms with Crippen molar-refractivity contribution in [3.8, 4) is 0 Å². The van der Waals surface area contributed by atoms with Crippen LogP contribution in [0.3, 0.4) is 0 Å². The minimum Gasteiger partial charge on any atom is -0.367 e. The summed E-state index contributed by atoms with van der Waals surface area (Å²) < 4.78 is 0. The van der Waals surface area contributed by atoms with Crippen molar-refractivity contribution in [2.45, 2.75) is 18.4 Å². The van der Waals surface area contributed by atoms with E-state index in [2.05, 4.69) is 67.4 Å². The van der Waals surface area contributed by atoms with Crippen molar-refractivity contribution >= 4 is 5.69 Å². The van der Waals surface area contributed by atoms with Crippen LogP contribution in [0.5, 0.6) is 0 Å². The van der Waals surface area contributed by atoms with Crippen molar-refractivity contribution in [1.29, 1.82) is 0 Å². The Balaban J connectivity index is 2.25. The van der Waals surface area contributed by atoms with E-state index >= 15 is 0 Å². The summed E-state index contributed by atoms with van der Waals surface area (Å²) in [5.74, 6) is 0. The first-order valence-corrected chi connectivity index (χ1v) is 5.42. The third kappa shape index (κ3) is 0.980. The molecule has 0 amide bonds. The number of nitrogens with zero attached hydrogens (tertiary/aromatic N) is 1. The van der Waals surface area contributed by atoms with Crippen molar-refractivity contribution in [2.24, 2.45) is 0 Å². The molecular formula is C14H15N. The number of allylic oxidation sites excluding steroid dienone is 2. The van der Waals surface area contributed by atoms with Crippen LogP contribution >= 0.6 is 0 Å². The average molecular weight is 197 g/mol. The van der Waals surface area contributed by atoms with Crippen LogP contribution in [0.25, 0.3) is 0 Å². The number of anilines is 1. The largest absolute Gasteiger partial charge is 0.367 e. The van der Waals surface area contributed by atoms with Crippen LogP contribution in [0.15, 0.2) is 48.6 Å². The maximum absolute atomic E-state index is 2.37. The zero-order chi connectivity index (χ0) is 10.5. The first-order valence-electron chi connectivity index (χ1n) is 5.42. The number of likely N-dealkylation sites (N-methyl/N-ethyl adjacent to an activating group) is 1. The molecule has 0 bridgehead atoms. The van der Waals surface area contributed by atoms with Crippen LogP contribution < -0.4 is 4.90 Å². The number of hydrogen-bond donors (Lipinski definition) is 0. The highest BCUT2D eigenvalue weighted by atomic mass is 15.2. The molecule has 0 N–H and O–H groups in total. The lowest BCUT2D eigenvalue weighted by molar-refractivity contribution is 0.541. The fourth-order valence-electron chi connectivity index (χ4n) is 2.89. The van der Waals surface area contributed by atoms with Gasteiger partial charge in [0.2, 0.25) is 0 Å². The van der Waals surface area contributed by atoms with Gasteiger partial charge in [-0.25, -0.2) is 0 Å². The van der Waals surface area contributed by atoms with Crippen molar-refractivity contribution in [3.63, 3.8) is 0 Å².